The zero-order chi connectivity index (χ0) is 22.8. The number of fused-ring (bicyclic) bond motifs is 1. The van der Waals surface area contributed by atoms with Crippen molar-refractivity contribution >= 4 is 5.82 Å². The summed E-state index contributed by atoms with van der Waals surface area (Å²) in [7, 11) is 1.64. The van der Waals surface area contributed by atoms with Gasteiger partial charge in [0.1, 0.15) is 29.1 Å². The van der Waals surface area contributed by atoms with Crippen molar-refractivity contribution in [2.24, 2.45) is 0 Å². The minimum absolute atomic E-state index is 0.0307. The molecule has 176 valence electrons. The molecule has 0 radical (unpaired) electrons. The maximum absolute atomic E-state index is 15.2. The molecule has 33 heavy (non-hydrogen) atoms. The first-order valence-corrected chi connectivity index (χ1v) is 11.5. The molecule has 0 unspecified atom stereocenters. The zero-order valence-electron chi connectivity index (χ0n) is 18.4. The summed E-state index contributed by atoms with van der Waals surface area (Å²) in [6.45, 7) is 1.36. The number of methoxy groups -OCH3 is 1. The van der Waals surface area contributed by atoms with Gasteiger partial charge >= 0.3 is 0 Å². The second kappa shape index (κ2) is 7.65. The van der Waals surface area contributed by atoms with E-state index in [2.05, 4.69) is 15.5 Å². The van der Waals surface area contributed by atoms with Gasteiger partial charge in [-0.3, -0.25) is 0 Å². The number of nitrogens with one attached hydrogen (secondary N) is 1. The quantitative estimate of drug-likeness (QED) is 0.720. The van der Waals surface area contributed by atoms with E-state index in [4.69, 9.17) is 14.2 Å². The lowest BCUT2D eigenvalue weighted by Crippen LogP contribution is -2.43. The van der Waals surface area contributed by atoms with E-state index in [0.717, 1.165) is 42.5 Å². The number of halogens is 3. The summed E-state index contributed by atoms with van der Waals surface area (Å²) in [6.07, 6.45) is 3.47. The maximum atomic E-state index is 15.2. The van der Waals surface area contributed by atoms with Crippen LogP contribution in [0.15, 0.2) is 12.1 Å². The van der Waals surface area contributed by atoms with Crippen molar-refractivity contribution in [1.29, 1.82) is 0 Å². The standard InChI is InChI=1S/C24H26F3N3O3/c1-31-19-12-32-7-2-18(19)28-22-15-11-33-23(3-4-23)10-14(15)21(29-30-22)20-16(25)8-13(9-17(20)26)24(27)5-6-24/h8-9,18-19H,2-7,10-12H2,1H3,(H,28,30)/t18-,19-/m1/s1. The third kappa shape index (κ3) is 3.70. The number of nitrogens with zero attached hydrogens (tertiary/aromatic N) is 2. The molecule has 2 atom stereocenters. The predicted octanol–water partition coefficient (Wildman–Crippen LogP) is 4.20. The highest BCUT2D eigenvalue weighted by atomic mass is 19.1. The number of rotatable bonds is 5. The summed E-state index contributed by atoms with van der Waals surface area (Å²) in [5, 5.41) is 12.0. The Kier molecular flexibility index (Phi) is 4.94. The second-order valence-corrected chi connectivity index (χ2v) is 9.67. The Bertz CT molecular complexity index is 1080. The fourth-order valence-corrected chi connectivity index (χ4v) is 4.97. The monoisotopic (exact) mass is 461 g/mol. The number of benzene rings is 1. The molecule has 1 aromatic heterocycles. The van der Waals surface area contributed by atoms with E-state index in [0.29, 0.717) is 25.5 Å². The largest absolute Gasteiger partial charge is 0.379 e. The number of aromatic nitrogens is 2. The first-order valence-electron chi connectivity index (χ1n) is 11.5. The average Bonchev–Trinajstić information content (AvgIpc) is 3.74. The smallest absolute Gasteiger partial charge is 0.154 e. The fraction of sp³-hybridized carbons (Fsp3) is 0.583. The number of ether oxygens (including phenoxy) is 3. The molecule has 0 bridgehead atoms. The Morgan fingerprint density at radius 2 is 1.85 bits per heavy atom. The summed E-state index contributed by atoms with van der Waals surface area (Å²) in [6, 6.07) is 2.17. The van der Waals surface area contributed by atoms with Gasteiger partial charge in [-0.25, -0.2) is 13.2 Å². The fourth-order valence-electron chi connectivity index (χ4n) is 4.97. The van der Waals surface area contributed by atoms with Crippen LogP contribution >= 0.6 is 0 Å². The van der Waals surface area contributed by atoms with Crippen molar-refractivity contribution in [1.82, 2.24) is 10.2 Å². The van der Waals surface area contributed by atoms with Crippen LogP contribution in [0.3, 0.4) is 0 Å². The minimum atomic E-state index is -1.62. The van der Waals surface area contributed by atoms with E-state index in [9.17, 15) is 4.39 Å². The SMILES string of the molecule is CO[C@@H]1COCC[C@H]1Nc1nnc(-c2c(F)cc(C3(F)CC3)cc2F)c2c1COC1(CC1)C2. The predicted molar refractivity (Wildman–Crippen MR) is 114 cm³/mol. The van der Waals surface area contributed by atoms with Gasteiger partial charge in [0.25, 0.3) is 0 Å². The molecule has 2 aliphatic heterocycles. The van der Waals surface area contributed by atoms with Gasteiger partial charge in [-0.15, -0.1) is 10.2 Å². The van der Waals surface area contributed by atoms with Gasteiger partial charge in [-0.05, 0) is 55.4 Å². The van der Waals surface area contributed by atoms with Crippen LogP contribution in [0.2, 0.25) is 0 Å². The molecule has 3 heterocycles. The van der Waals surface area contributed by atoms with E-state index in [1.165, 1.54) is 0 Å². The van der Waals surface area contributed by atoms with E-state index in [-0.39, 0.29) is 54.0 Å². The van der Waals surface area contributed by atoms with E-state index < -0.39 is 17.3 Å². The van der Waals surface area contributed by atoms with Crippen molar-refractivity contribution in [2.75, 3.05) is 25.6 Å². The summed E-state index contributed by atoms with van der Waals surface area (Å²) in [5.74, 6) is -1.09. The first-order chi connectivity index (χ1) is 15.9. The van der Waals surface area contributed by atoms with Gasteiger partial charge in [-0.1, -0.05) is 0 Å². The van der Waals surface area contributed by atoms with Crippen molar-refractivity contribution < 1.29 is 27.4 Å². The summed E-state index contributed by atoms with van der Waals surface area (Å²) < 4.78 is 61.9. The van der Waals surface area contributed by atoms with Gasteiger partial charge in [0.2, 0.25) is 0 Å². The molecular formula is C24H26F3N3O3. The van der Waals surface area contributed by atoms with Crippen LogP contribution in [0.1, 0.15) is 48.8 Å². The molecule has 4 aliphatic rings. The lowest BCUT2D eigenvalue weighted by Gasteiger charge is -2.33. The first kappa shape index (κ1) is 21.3. The molecule has 1 aromatic carbocycles. The van der Waals surface area contributed by atoms with Crippen LogP contribution < -0.4 is 5.32 Å². The average molecular weight is 461 g/mol. The van der Waals surface area contributed by atoms with Crippen molar-refractivity contribution in [3.05, 3.63) is 40.5 Å². The summed E-state index contributed by atoms with van der Waals surface area (Å²) in [5.41, 5.74) is -0.446. The lowest BCUT2D eigenvalue weighted by atomic mass is 9.92. The molecule has 6 rings (SSSR count). The molecule has 3 fully saturated rings. The third-order valence-electron chi connectivity index (χ3n) is 7.43. The molecule has 1 spiro atoms. The van der Waals surface area contributed by atoms with Crippen LogP contribution in [-0.4, -0.2) is 48.3 Å². The highest BCUT2D eigenvalue weighted by Crippen LogP contribution is 2.52. The van der Waals surface area contributed by atoms with Gasteiger partial charge in [-0.2, -0.15) is 0 Å². The van der Waals surface area contributed by atoms with Crippen LogP contribution in [0.5, 0.6) is 0 Å². The summed E-state index contributed by atoms with van der Waals surface area (Å²) >= 11 is 0. The molecule has 2 saturated carbocycles. The lowest BCUT2D eigenvalue weighted by molar-refractivity contribution is -0.0368. The van der Waals surface area contributed by atoms with Gasteiger partial charge in [0.15, 0.2) is 5.82 Å². The maximum Gasteiger partial charge on any atom is 0.154 e. The normalized spacial score (nSPS) is 26.7. The highest BCUT2D eigenvalue weighted by molar-refractivity contribution is 5.70. The van der Waals surface area contributed by atoms with Gasteiger partial charge in [0.05, 0.1) is 30.4 Å². The Morgan fingerprint density at radius 1 is 1.09 bits per heavy atom. The second-order valence-electron chi connectivity index (χ2n) is 9.67. The van der Waals surface area contributed by atoms with Gasteiger partial charge in [0, 0.05) is 25.7 Å². The molecule has 9 heteroatoms. The highest BCUT2D eigenvalue weighted by Gasteiger charge is 2.49. The van der Waals surface area contributed by atoms with Crippen molar-refractivity contribution in [2.45, 2.75) is 68.5 Å². The van der Waals surface area contributed by atoms with E-state index >= 15 is 8.78 Å². The third-order valence-corrected chi connectivity index (χ3v) is 7.43. The van der Waals surface area contributed by atoms with Gasteiger partial charge < -0.3 is 19.5 Å². The molecule has 2 aliphatic carbocycles. The minimum Gasteiger partial charge on any atom is -0.379 e. The topological polar surface area (TPSA) is 65.5 Å². The number of hydrogen-bond acceptors (Lipinski definition) is 6. The Morgan fingerprint density at radius 3 is 2.52 bits per heavy atom. The molecule has 6 nitrogen and oxygen atoms in total. The Labute approximate surface area is 189 Å². The Hall–Kier alpha value is -2.23. The zero-order valence-corrected chi connectivity index (χ0v) is 18.4. The number of hydrogen-bond donors (Lipinski definition) is 1. The Balaban J connectivity index is 1.41. The van der Waals surface area contributed by atoms with E-state index in [1.54, 1.807) is 7.11 Å². The molecule has 2 aromatic rings. The van der Waals surface area contributed by atoms with Crippen LogP contribution in [-0.2, 0) is 32.9 Å². The van der Waals surface area contributed by atoms with Crippen molar-refractivity contribution in [3.63, 3.8) is 0 Å². The number of alkyl halides is 1. The molecule has 1 N–H and O–H groups in total. The van der Waals surface area contributed by atoms with Crippen LogP contribution in [0, 0.1) is 11.6 Å². The van der Waals surface area contributed by atoms with Crippen molar-refractivity contribution in [3.8, 4) is 11.3 Å². The number of anilines is 1. The van der Waals surface area contributed by atoms with Crippen LogP contribution in [0.4, 0.5) is 19.0 Å². The van der Waals surface area contributed by atoms with E-state index in [1.807, 2.05) is 0 Å². The molecule has 0 amide bonds. The van der Waals surface area contributed by atoms with Crippen LogP contribution in [0.25, 0.3) is 11.3 Å². The molecule has 1 saturated heterocycles. The summed E-state index contributed by atoms with van der Waals surface area (Å²) in [4.78, 5) is 0. The molecular weight excluding hydrogens is 435 g/mol.